The molecule has 1 aliphatic rings. The van der Waals surface area contributed by atoms with Crippen LogP contribution in [0.1, 0.15) is 21.5 Å². The molecule has 118 valence electrons. The zero-order valence-corrected chi connectivity index (χ0v) is 13.5. The van der Waals surface area contributed by atoms with Gasteiger partial charge in [0.1, 0.15) is 0 Å². The molecule has 0 saturated heterocycles. The molecule has 2 aromatic rings. The lowest BCUT2D eigenvalue weighted by atomic mass is 10.1. The molecule has 0 aliphatic carbocycles. The largest absolute Gasteiger partial charge is 0.438 e. The van der Waals surface area contributed by atoms with Crippen molar-refractivity contribution in [1.29, 1.82) is 0 Å². The average molecular weight is 329 g/mol. The fourth-order valence-electron chi connectivity index (χ4n) is 2.41. The third kappa shape index (κ3) is 3.48. The molecule has 0 N–H and O–H groups in total. The summed E-state index contributed by atoms with van der Waals surface area (Å²) in [6.07, 6.45) is 3.89. The maximum atomic E-state index is 12.5. The van der Waals surface area contributed by atoms with E-state index in [-0.39, 0.29) is 0 Å². The van der Waals surface area contributed by atoms with Crippen molar-refractivity contribution in [2.75, 3.05) is 18.6 Å². The number of alkyl halides is 1. The van der Waals surface area contributed by atoms with E-state index in [0.717, 1.165) is 11.3 Å². The zero-order chi connectivity index (χ0) is 16.2. The number of anilines is 1. The summed E-state index contributed by atoms with van der Waals surface area (Å²) in [7, 11) is 1.97. The maximum absolute atomic E-state index is 12.5. The second-order valence-corrected chi connectivity index (χ2v) is 5.71. The summed E-state index contributed by atoms with van der Waals surface area (Å²) in [6.45, 7) is 0.688. The Bertz CT molecular complexity index is 718. The monoisotopic (exact) mass is 328 g/mol. The highest BCUT2D eigenvalue weighted by molar-refractivity contribution is 6.20. The van der Waals surface area contributed by atoms with E-state index >= 15 is 0 Å². The molecule has 1 heterocycles. The van der Waals surface area contributed by atoms with Crippen LogP contribution in [0.3, 0.4) is 0 Å². The van der Waals surface area contributed by atoms with Gasteiger partial charge in [-0.2, -0.15) is 0 Å². The Morgan fingerprint density at radius 2 is 1.78 bits per heavy atom. The standard InChI is InChI=1S/C18H17ClN2O2/c1-20-11-12-21(13-20)16-10-6-5-9-15(16)18(22)23-17(19)14-7-3-2-4-8-14/h2-12,17H,13H2,1H3. The number of ether oxygens (including phenoxy) is 1. The molecule has 1 aliphatic heterocycles. The van der Waals surface area contributed by atoms with Crippen LogP contribution in [0.2, 0.25) is 0 Å². The van der Waals surface area contributed by atoms with Crippen molar-refractivity contribution < 1.29 is 9.53 Å². The van der Waals surface area contributed by atoms with Gasteiger partial charge >= 0.3 is 5.97 Å². The molecule has 1 atom stereocenters. The molecule has 4 nitrogen and oxygen atoms in total. The number of nitrogens with zero attached hydrogens (tertiary/aromatic N) is 2. The van der Waals surface area contributed by atoms with Crippen LogP contribution < -0.4 is 4.90 Å². The second kappa shape index (κ2) is 6.75. The molecule has 23 heavy (non-hydrogen) atoms. The smallest absolute Gasteiger partial charge is 0.342 e. The summed E-state index contributed by atoms with van der Waals surface area (Å²) < 4.78 is 5.41. The minimum atomic E-state index is -0.812. The van der Waals surface area contributed by atoms with Gasteiger partial charge < -0.3 is 14.5 Å². The Balaban J connectivity index is 1.79. The molecular weight excluding hydrogens is 312 g/mol. The molecule has 5 heteroatoms. The van der Waals surface area contributed by atoms with E-state index in [1.165, 1.54) is 0 Å². The van der Waals surface area contributed by atoms with Gasteiger partial charge in [0.15, 0.2) is 0 Å². The van der Waals surface area contributed by atoms with Gasteiger partial charge in [0, 0.05) is 25.0 Å². The third-order valence-corrected chi connectivity index (χ3v) is 3.92. The zero-order valence-electron chi connectivity index (χ0n) is 12.7. The summed E-state index contributed by atoms with van der Waals surface area (Å²) in [4.78, 5) is 16.5. The first-order chi connectivity index (χ1) is 11.1. The van der Waals surface area contributed by atoms with Crippen LogP contribution in [-0.2, 0) is 4.74 Å². The van der Waals surface area contributed by atoms with E-state index in [9.17, 15) is 4.79 Å². The number of carbonyl (C=O) groups excluding carboxylic acids is 1. The molecule has 0 aromatic heterocycles. The Morgan fingerprint density at radius 1 is 1.09 bits per heavy atom. The topological polar surface area (TPSA) is 32.8 Å². The molecule has 2 aromatic carbocycles. The first-order valence-corrected chi connectivity index (χ1v) is 7.73. The van der Waals surface area contributed by atoms with Gasteiger partial charge in [-0.1, -0.05) is 54.1 Å². The predicted octanol–water partition coefficient (Wildman–Crippen LogP) is 3.96. The highest BCUT2D eigenvalue weighted by Gasteiger charge is 2.21. The summed E-state index contributed by atoms with van der Waals surface area (Å²) >= 11 is 6.21. The number of esters is 1. The predicted molar refractivity (Wildman–Crippen MR) is 91.1 cm³/mol. The fraction of sp³-hybridized carbons (Fsp3) is 0.167. The number of para-hydroxylation sites is 1. The van der Waals surface area contributed by atoms with Crippen molar-refractivity contribution in [2.24, 2.45) is 0 Å². The molecule has 1 unspecified atom stereocenters. The first kappa shape index (κ1) is 15.4. The Kier molecular flexibility index (Phi) is 4.53. The Hall–Kier alpha value is -2.46. The van der Waals surface area contributed by atoms with Gasteiger partial charge in [-0.05, 0) is 12.1 Å². The fourth-order valence-corrected chi connectivity index (χ4v) is 2.64. The van der Waals surface area contributed by atoms with Gasteiger partial charge in [0.05, 0.1) is 17.9 Å². The number of hydrogen-bond acceptors (Lipinski definition) is 4. The van der Waals surface area contributed by atoms with Gasteiger partial charge in [-0.3, -0.25) is 0 Å². The van der Waals surface area contributed by atoms with Crippen molar-refractivity contribution in [3.05, 3.63) is 78.1 Å². The van der Waals surface area contributed by atoms with E-state index in [4.69, 9.17) is 16.3 Å². The summed E-state index contributed by atoms with van der Waals surface area (Å²) in [5.41, 5.74) is 1.23. The van der Waals surface area contributed by atoms with Crippen LogP contribution in [0.4, 0.5) is 5.69 Å². The van der Waals surface area contributed by atoms with Crippen molar-refractivity contribution in [1.82, 2.24) is 4.90 Å². The third-order valence-electron chi connectivity index (χ3n) is 3.58. The van der Waals surface area contributed by atoms with E-state index in [2.05, 4.69) is 0 Å². The van der Waals surface area contributed by atoms with E-state index in [1.54, 1.807) is 6.07 Å². The minimum Gasteiger partial charge on any atom is -0.438 e. The molecule has 0 spiro atoms. The van der Waals surface area contributed by atoms with Crippen molar-refractivity contribution in [3.63, 3.8) is 0 Å². The quantitative estimate of drug-likeness (QED) is 0.628. The lowest BCUT2D eigenvalue weighted by Crippen LogP contribution is -2.23. The molecule has 0 radical (unpaired) electrons. The van der Waals surface area contributed by atoms with Gasteiger partial charge in [-0.25, -0.2) is 4.79 Å². The van der Waals surface area contributed by atoms with Crippen LogP contribution in [0.25, 0.3) is 0 Å². The lowest BCUT2D eigenvalue weighted by molar-refractivity contribution is 0.0447. The number of rotatable bonds is 4. The molecular formula is C18H17ClN2O2. The number of halogens is 1. The van der Waals surface area contributed by atoms with Crippen LogP contribution in [0, 0.1) is 0 Å². The Labute approximate surface area is 140 Å². The highest BCUT2D eigenvalue weighted by Crippen LogP contribution is 2.28. The van der Waals surface area contributed by atoms with Gasteiger partial charge in [0.2, 0.25) is 5.56 Å². The van der Waals surface area contributed by atoms with E-state index in [0.29, 0.717) is 12.2 Å². The van der Waals surface area contributed by atoms with Crippen LogP contribution in [-0.4, -0.2) is 24.6 Å². The highest BCUT2D eigenvalue weighted by atomic mass is 35.5. The van der Waals surface area contributed by atoms with E-state index in [1.807, 2.05) is 77.8 Å². The van der Waals surface area contributed by atoms with Crippen LogP contribution in [0.15, 0.2) is 67.0 Å². The summed E-state index contributed by atoms with van der Waals surface area (Å²) in [6, 6.07) is 16.6. The number of carbonyl (C=O) groups is 1. The summed E-state index contributed by atoms with van der Waals surface area (Å²) in [5.74, 6) is -0.438. The molecule has 0 saturated carbocycles. The lowest BCUT2D eigenvalue weighted by Gasteiger charge is -2.21. The van der Waals surface area contributed by atoms with Gasteiger partial charge in [0.25, 0.3) is 0 Å². The number of hydrogen-bond donors (Lipinski definition) is 0. The summed E-state index contributed by atoms with van der Waals surface area (Å²) in [5, 5.41) is 0. The molecule has 3 rings (SSSR count). The molecule has 0 fully saturated rings. The normalized spacial score (nSPS) is 14.9. The van der Waals surface area contributed by atoms with Crippen molar-refractivity contribution in [2.45, 2.75) is 5.56 Å². The molecule has 0 bridgehead atoms. The first-order valence-electron chi connectivity index (χ1n) is 7.29. The van der Waals surface area contributed by atoms with Crippen molar-refractivity contribution in [3.8, 4) is 0 Å². The minimum absolute atomic E-state index is 0.438. The molecule has 0 amide bonds. The SMILES string of the molecule is CN1C=CN(c2ccccc2C(=O)OC(Cl)c2ccccc2)C1. The number of benzene rings is 2. The van der Waals surface area contributed by atoms with E-state index < -0.39 is 11.5 Å². The van der Waals surface area contributed by atoms with Crippen LogP contribution >= 0.6 is 11.6 Å². The van der Waals surface area contributed by atoms with Gasteiger partial charge in [-0.15, -0.1) is 0 Å². The maximum Gasteiger partial charge on any atom is 0.342 e. The Morgan fingerprint density at radius 3 is 2.48 bits per heavy atom. The van der Waals surface area contributed by atoms with Crippen LogP contribution in [0.5, 0.6) is 0 Å². The average Bonchev–Trinajstić information content (AvgIpc) is 3.02. The van der Waals surface area contributed by atoms with Crippen molar-refractivity contribution >= 4 is 23.3 Å². The second-order valence-electron chi connectivity index (χ2n) is 5.32.